The predicted octanol–water partition coefficient (Wildman–Crippen LogP) is 7.36. The molecule has 186 valence electrons. The summed E-state index contributed by atoms with van der Waals surface area (Å²) in [6.45, 7) is 5.10. The fraction of sp³-hybridized carbons (Fsp3) is 0.161. The molecule has 1 heterocycles. The van der Waals surface area contributed by atoms with Crippen LogP contribution in [0.2, 0.25) is 0 Å². The molecule has 1 saturated heterocycles. The first-order valence-electron chi connectivity index (χ1n) is 12.2. The van der Waals surface area contributed by atoms with E-state index >= 15 is 0 Å². The molecule has 0 aromatic heterocycles. The van der Waals surface area contributed by atoms with Crippen molar-refractivity contribution in [1.29, 1.82) is 0 Å². The van der Waals surface area contributed by atoms with Gasteiger partial charge in [-0.25, -0.2) is 0 Å². The van der Waals surface area contributed by atoms with Gasteiger partial charge in [0.05, 0.1) is 18.1 Å². The average Bonchev–Trinajstić information content (AvgIpc) is 3.16. The molecule has 0 aliphatic carbocycles. The Kier molecular flexibility index (Phi) is 7.28. The molecule has 0 spiro atoms. The first kappa shape index (κ1) is 24.7. The third-order valence-electron chi connectivity index (χ3n) is 6.11. The molecule has 6 heteroatoms. The topological polar surface area (TPSA) is 55.8 Å². The highest BCUT2D eigenvalue weighted by molar-refractivity contribution is 8.18. The number of hydrogen-bond donors (Lipinski definition) is 0. The van der Waals surface area contributed by atoms with Crippen LogP contribution in [-0.2, 0) is 17.9 Å². The highest BCUT2D eigenvalue weighted by Crippen LogP contribution is 2.36. The minimum Gasteiger partial charge on any atom is -0.490 e. The van der Waals surface area contributed by atoms with Crippen LogP contribution in [0, 0.1) is 6.92 Å². The Morgan fingerprint density at radius 2 is 1.57 bits per heavy atom. The van der Waals surface area contributed by atoms with Gasteiger partial charge in [0.1, 0.15) is 6.61 Å². The monoisotopic (exact) mass is 509 g/mol. The zero-order valence-electron chi connectivity index (χ0n) is 20.8. The van der Waals surface area contributed by atoms with Gasteiger partial charge in [0.2, 0.25) is 0 Å². The molecule has 0 unspecified atom stereocenters. The zero-order valence-corrected chi connectivity index (χ0v) is 21.6. The molecular formula is C31H27NO4S. The van der Waals surface area contributed by atoms with E-state index in [9.17, 15) is 9.59 Å². The molecule has 1 aliphatic heterocycles. The maximum absolute atomic E-state index is 13.1. The van der Waals surface area contributed by atoms with Crippen molar-refractivity contribution >= 4 is 39.8 Å². The molecule has 1 aliphatic rings. The summed E-state index contributed by atoms with van der Waals surface area (Å²) in [4.78, 5) is 27.5. The van der Waals surface area contributed by atoms with Gasteiger partial charge >= 0.3 is 0 Å². The lowest BCUT2D eigenvalue weighted by Gasteiger charge is -2.13. The van der Waals surface area contributed by atoms with Gasteiger partial charge in [-0.3, -0.25) is 14.5 Å². The van der Waals surface area contributed by atoms with E-state index in [0.717, 1.165) is 39.2 Å². The minimum atomic E-state index is -0.291. The van der Waals surface area contributed by atoms with E-state index in [1.54, 1.807) is 6.08 Å². The number of amides is 2. The van der Waals surface area contributed by atoms with Crippen LogP contribution in [-0.4, -0.2) is 22.7 Å². The first-order chi connectivity index (χ1) is 18.0. The van der Waals surface area contributed by atoms with Gasteiger partial charge in [0.15, 0.2) is 11.5 Å². The van der Waals surface area contributed by atoms with Crippen molar-refractivity contribution in [3.8, 4) is 11.5 Å². The zero-order chi connectivity index (χ0) is 25.8. The largest absolute Gasteiger partial charge is 0.490 e. The Bertz CT molecular complexity index is 1490. The van der Waals surface area contributed by atoms with Gasteiger partial charge in [-0.1, -0.05) is 72.3 Å². The van der Waals surface area contributed by atoms with Gasteiger partial charge in [-0.05, 0) is 77.3 Å². The maximum atomic E-state index is 13.1. The van der Waals surface area contributed by atoms with E-state index in [1.807, 2.05) is 79.7 Å². The van der Waals surface area contributed by atoms with Crippen LogP contribution in [0.15, 0.2) is 89.8 Å². The fourth-order valence-corrected chi connectivity index (χ4v) is 4.99. The summed E-state index contributed by atoms with van der Waals surface area (Å²) in [5.41, 5.74) is 3.94. The van der Waals surface area contributed by atoms with Crippen LogP contribution in [0.25, 0.3) is 16.8 Å². The maximum Gasteiger partial charge on any atom is 0.293 e. The molecule has 4 aromatic carbocycles. The molecule has 0 radical (unpaired) electrons. The lowest BCUT2D eigenvalue weighted by Crippen LogP contribution is -2.27. The van der Waals surface area contributed by atoms with E-state index in [4.69, 9.17) is 9.47 Å². The quantitative estimate of drug-likeness (QED) is 0.232. The van der Waals surface area contributed by atoms with Crippen LogP contribution in [0.1, 0.15) is 29.2 Å². The molecule has 37 heavy (non-hydrogen) atoms. The Morgan fingerprint density at radius 3 is 2.35 bits per heavy atom. The van der Waals surface area contributed by atoms with Crippen LogP contribution < -0.4 is 9.47 Å². The smallest absolute Gasteiger partial charge is 0.293 e. The van der Waals surface area contributed by atoms with Crippen LogP contribution in [0.4, 0.5) is 4.79 Å². The number of carbonyl (C=O) groups is 2. The summed E-state index contributed by atoms with van der Waals surface area (Å²) >= 11 is 0.958. The number of imide groups is 1. The molecular weight excluding hydrogens is 482 g/mol. The molecule has 5 rings (SSSR count). The third-order valence-corrected chi connectivity index (χ3v) is 7.02. The summed E-state index contributed by atoms with van der Waals surface area (Å²) in [6.07, 6.45) is 1.73. The van der Waals surface area contributed by atoms with E-state index in [0.29, 0.717) is 29.6 Å². The summed E-state index contributed by atoms with van der Waals surface area (Å²) < 4.78 is 11.8. The van der Waals surface area contributed by atoms with E-state index in [2.05, 4.69) is 19.1 Å². The molecule has 5 nitrogen and oxygen atoms in total. The second-order valence-corrected chi connectivity index (χ2v) is 9.86. The molecule has 0 bridgehead atoms. The van der Waals surface area contributed by atoms with Gasteiger partial charge in [-0.2, -0.15) is 0 Å². The third kappa shape index (κ3) is 5.70. The Labute approximate surface area is 220 Å². The van der Waals surface area contributed by atoms with Crippen LogP contribution in [0.5, 0.6) is 11.5 Å². The van der Waals surface area contributed by atoms with Crippen molar-refractivity contribution in [2.24, 2.45) is 0 Å². The van der Waals surface area contributed by atoms with Crippen LogP contribution in [0.3, 0.4) is 0 Å². The average molecular weight is 510 g/mol. The SMILES string of the molecule is CCOc1cc(/C=C2\SC(=O)N(Cc3ccc4ccccc4c3)C2=O)ccc1OCc1ccc(C)cc1. The van der Waals surface area contributed by atoms with Gasteiger partial charge < -0.3 is 9.47 Å². The normalized spacial score (nSPS) is 14.5. The molecule has 2 amide bonds. The van der Waals surface area contributed by atoms with Crippen molar-refractivity contribution in [3.05, 3.63) is 112 Å². The molecule has 1 fully saturated rings. The number of aryl methyl sites for hydroxylation is 1. The summed E-state index contributed by atoms with van der Waals surface area (Å²) in [7, 11) is 0. The highest BCUT2D eigenvalue weighted by atomic mass is 32.2. The van der Waals surface area contributed by atoms with Crippen molar-refractivity contribution < 1.29 is 19.1 Å². The van der Waals surface area contributed by atoms with Crippen LogP contribution >= 0.6 is 11.8 Å². The number of fused-ring (bicyclic) bond motifs is 1. The lowest BCUT2D eigenvalue weighted by atomic mass is 10.1. The predicted molar refractivity (Wildman–Crippen MR) is 149 cm³/mol. The second kappa shape index (κ2) is 10.9. The van der Waals surface area contributed by atoms with Crippen molar-refractivity contribution in [2.75, 3.05) is 6.61 Å². The Balaban J connectivity index is 1.32. The summed E-state index contributed by atoms with van der Waals surface area (Å²) in [6, 6.07) is 27.7. The van der Waals surface area contributed by atoms with Crippen molar-refractivity contribution in [3.63, 3.8) is 0 Å². The Hall–Kier alpha value is -4.03. The van der Waals surface area contributed by atoms with Gasteiger partial charge in [0, 0.05) is 0 Å². The number of hydrogen-bond acceptors (Lipinski definition) is 5. The molecule has 4 aromatic rings. The number of thioether (sulfide) groups is 1. The standard InChI is InChI=1S/C31H27NO4S/c1-3-35-28-17-23(13-15-27(28)36-20-22-10-8-21(2)9-11-22)18-29-30(33)32(31(34)37-29)19-24-12-14-25-6-4-5-7-26(25)16-24/h4-18H,3,19-20H2,1-2H3/b29-18-. The lowest BCUT2D eigenvalue weighted by molar-refractivity contribution is -0.123. The van der Waals surface area contributed by atoms with Gasteiger partial charge in [0.25, 0.3) is 11.1 Å². The van der Waals surface area contributed by atoms with E-state index in [-0.39, 0.29) is 17.7 Å². The van der Waals surface area contributed by atoms with Gasteiger partial charge in [-0.15, -0.1) is 0 Å². The fourth-order valence-electron chi connectivity index (χ4n) is 4.15. The minimum absolute atomic E-state index is 0.239. The second-order valence-electron chi connectivity index (χ2n) is 8.86. The first-order valence-corrected chi connectivity index (χ1v) is 13.0. The molecule has 0 N–H and O–H groups in total. The highest BCUT2D eigenvalue weighted by Gasteiger charge is 2.35. The molecule has 0 atom stereocenters. The number of carbonyl (C=O) groups excluding carboxylic acids is 2. The molecule has 0 saturated carbocycles. The number of benzene rings is 4. The summed E-state index contributed by atoms with van der Waals surface area (Å²) in [5.74, 6) is 0.934. The van der Waals surface area contributed by atoms with Crippen molar-refractivity contribution in [2.45, 2.75) is 27.0 Å². The van der Waals surface area contributed by atoms with Crippen molar-refractivity contribution in [1.82, 2.24) is 4.90 Å². The van der Waals surface area contributed by atoms with E-state index < -0.39 is 0 Å². The number of nitrogens with zero attached hydrogens (tertiary/aromatic N) is 1. The van der Waals surface area contributed by atoms with E-state index in [1.165, 1.54) is 10.5 Å². The number of ether oxygens (including phenoxy) is 2. The number of rotatable bonds is 8. The Morgan fingerprint density at radius 1 is 0.811 bits per heavy atom. The summed E-state index contributed by atoms with van der Waals surface area (Å²) in [5, 5.41) is 1.93.